The molecule has 114 valence electrons. The summed E-state index contributed by atoms with van der Waals surface area (Å²) in [6.07, 6.45) is -3.43. The molecule has 0 aromatic carbocycles. The zero-order valence-electron chi connectivity index (χ0n) is 12.3. The van der Waals surface area contributed by atoms with Crippen LogP contribution in [0.1, 0.15) is 55.6 Å². The number of thiazole rings is 1. The van der Waals surface area contributed by atoms with Crippen LogP contribution in [0.25, 0.3) is 0 Å². The van der Waals surface area contributed by atoms with E-state index in [0.29, 0.717) is 22.3 Å². The molecule has 1 unspecified atom stereocenters. The zero-order chi connectivity index (χ0) is 15.1. The van der Waals surface area contributed by atoms with Gasteiger partial charge in [0.1, 0.15) is 0 Å². The van der Waals surface area contributed by atoms with Gasteiger partial charge in [-0.15, -0.1) is 11.3 Å². The molecule has 0 spiro atoms. The summed E-state index contributed by atoms with van der Waals surface area (Å²) in [5, 5.41) is 3.72. The van der Waals surface area contributed by atoms with Gasteiger partial charge in [0.25, 0.3) is 0 Å². The predicted molar refractivity (Wildman–Crippen MR) is 74.8 cm³/mol. The van der Waals surface area contributed by atoms with Crippen LogP contribution in [-0.4, -0.2) is 11.5 Å². The average molecular weight is 306 g/mol. The quantitative estimate of drug-likeness (QED) is 0.871. The Bertz CT molecular complexity index is 477. The first kappa shape index (κ1) is 15.8. The molecule has 1 aromatic rings. The third-order valence-electron chi connectivity index (χ3n) is 3.63. The number of aromatic nitrogens is 1. The minimum absolute atomic E-state index is 0.101. The van der Waals surface area contributed by atoms with Gasteiger partial charge in [0, 0.05) is 12.5 Å². The molecule has 0 saturated heterocycles. The van der Waals surface area contributed by atoms with Crippen molar-refractivity contribution in [2.75, 3.05) is 6.54 Å². The largest absolute Gasteiger partial charge is 0.434 e. The van der Waals surface area contributed by atoms with Crippen molar-refractivity contribution in [2.45, 2.75) is 52.8 Å². The van der Waals surface area contributed by atoms with Crippen molar-refractivity contribution in [1.29, 1.82) is 0 Å². The van der Waals surface area contributed by atoms with Gasteiger partial charge in [0.15, 0.2) is 5.69 Å². The molecule has 1 N–H and O–H groups in total. The van der Waals surface area contributed by atoms with Gasteiger partial charge in [-0.25, -0.2) is 4.98 Å². The fraction of sp³-hybridized carbons (Fsp3) is 0.786. The number of hydrogen-bond acceptors (Lipinski definition) is 3. The van der Waals surface area contributed by atoms with Crippen molar-refractivity contribution in [3.05, 3.63) is 15.6 Å². The summed E-state index contributed by atoms with van der Waals surface area (Å²) < 4.78 is 39.1. The van der Waals surface area contributed by atoms with Gasteiger partial charge in [-0.3, -0.25) is 0 Å². The summed E-state index contributed by atoms with van der Waals surface area (Å²) in [4.78, 5) is 4.21. The van der Waals surface area contributed by atoms with E-state index in [4.69, 9.17) is 0 Å². The molecule has 1 aliphatic rings. The Hall–Kier alpha value is -0.620. The number of halogens is 3. The molecule has 1 aliphatic carbocycles. The topological polar surface area (TPSA) is 24.9 Å². The van der Waals surface area contributed by atoms with Gasteiger partial charge in [0.2, 0.25) is 0 Å². The second-order valence-corrected chi connectivity index (χ2v) is 7.71. The highest BCUT2D eigenvalue weighted by Crippen LogP contribution is 2.59. The Kier molecular flexibility index (Phi) is 4.17. The fourth-order valence-corrected chi connectivity index (χ4v) is 3.59. The fourth-order valence-electron chi connectivity index (χ4n) is 2.22. The second kappa shape index (κ2) is 5.30. The summed E-state index contributed by atoms with van der Waals surface area (Å²) in [5.74, 6) is 0.603. The Morgan fingerprint density at radius 3 is 2.45 bits per heavy atom. The number of nitrogens with one attached hydrogen (secondary N) is 1. The van der Waals surface area contributed by atoms with Gasteiger partial charge in [0.05, 0.1) is 9.88 Å². The molecule has 1 saturated carbocycles. The Labute approximate surface area is 121 Å². The lowest BCUT2D eigenvalue weighted by Crippen LogP contribution is -2.20. The summed E-state index contributed by atoms with van der Waals surface area (Å²) >= 11 is 1.22. The first-order valence-electron chi connectivity index (χ1n) is 6.89. The van der Waals surface area contributed by atoms with Crippen LogP contribution in [0.2, 0.25) is 0 Å². The van der Waals surface area contributed by atoms with E-state index in [9.17, 15) is 13.2 Å². The molecule has 2 rings (SSSR count). The van der Waals surface area contributed by atoms with Crippen LogP contribution in [0.4, 0.5) is 13.2 Å². The van der Waals surface area contributed by atoms with E-state index in [1.165, 1.54) is 11.3 Å². The SMILES string of the molecule is CC(C)CNCc1sc(C2CC2(C)C)nc1C(F)(F)F. The normalized spacial score (nSPS) is 21.5. The van der Waals surface area contributed by atoms with Gasteiger partial charge in [-0.2, -0.15) is 13.2 Å². The van der Waals surface area contributed by atoms with E-state index >= 15 is 0 Å². The van der Waals surface area contributed by atoms with Gasteiger partial charge in [-0.1, -0.05) is 27.7 Å². The van der Waals surface area contributed by atoms with Crippen LogP contribution in [0, 0.1) is 11.3 Å². The molecule has 1 fully saturated rings. The van der Waals surface area contributed by atoms with Crippen LogP contribution in [0.5, 0.6) is 0 Å². The van der Waals surface area contributed by atoms with E-state index in [1.54, 1.807) is 0 Å². The summed E-state index contributed by atoms with van der Waals surface area (Å²) in [5.41, 5.74) is -0.597. The maximum Gasteiger partial charge on any atom is 0.434 e. The lowest BCUT2D eigenvalue weighted by Gasteiger charge is -2.08. The predicted octanol–water partition coefficient (Wildman–Crippen LogP) is 4.42. The molecule has 0 radical (unpaired) electrons. The van der Waals surface area contributed by atoms with Crippen LogP contribution in [-0.2, 0) is 12.7 Å². The maximum atomic E-state index is 13.0. The molecule has 1 heterocycles. The molecule has 0 bridgehead atoms. The smallest absolute Gasteiger partial charge is 0.312 e. The van der Waals surface area contributed by atoms with Crippen molar-refractivity contribution in [1.82, 2.24) is 10.3 Å². The third-order valence-corrected chi connectivity index (χ3v) is 4.80. The van der Waals surface area contributed by atoms with E-state index < -0.39 is 11.9 Å². The zero-order valence-corrected chi connectivity index (χ0v) is 13.1. The molecule has 2 nitrogen and oxygen atoms in total. The first-order chi connectivity index (χ1) is 9.11. The van der Waals surface area contributed by atoms with Gasteiger partial charge in [-0.05, 0) is 24.3 Å². The number of alkyl halides is 3. The van der Waals surface area contributed by atoms with E-state index in [-0.39, 0.29) is 17.9 Å². The lowest BCUT2D eigenvalue weighted by molar-refractivity contribution is -0.141. The number of hydrogen-bond donors (Lipinski definition) is 1. The summed E-state index contributed by atoms with van der Waals surface area (Å²) in [7, 11) is 0. The van der Waals surface area contributed by atoms with Crippen molar-refractivity contribution in [3.8, 4) is 0 Å². The van der Waals surface area contributed by atoms with E-state index in [2.05, 4.69) is 24.1 Å². The lowest BCUT2D eigenvalue weighted by atomic mass is 10.1. The highest BCUT2D eigenvalue weighted by atomic mass is 32.1. The average Bonchev–Trinajstić information content (AvgIpc) is 2.71. The van der Waals surface area contributed by atoms with Crippen molar-refractivity contribution in [3.63, 3.8) is 0 Å². The Morgan fingerprint density at radius 2 is 2.00 bits per heavy atom. The third kappa shape index (κ3) is 3.52. The van der Waals surface area contributed by atoms with Crippen LogP contribution in [0.3, 0.4) is 0 Å². The molecule has 0 aliphatic heterocycles. The molecule has 6 heteroatoms. The van der Waals surface area contributed by atoms with Crippen LogP contribution in [0.15, 0.2) is 0 Å². The van der Waals surface area contributed by atoms with Crippen molar-refractivity contribution in [2.24, 2.45) is 11.3 Å². The monoisotopic (exact) mass is 306 g/mol. The van der Waals surface area contributed by atoms with Crippen molar-refractivity contribution >= 4 is 11.3 Å². The molecule has 1 aromatic heterocycles. The Balaban J connectivity index is 2.16. The summed E-state index contributed by atoms with van der Waals surface area (Å²) in [6.45, 7) is 9.16. The van der Waals surface area contributed by atoms with Gasteiger partial charge < -0.3 is 5.32 Å². The molecule has 1 atom stereocenters. The van der Waals surface area contributed by atoms with Crippen LogP contribution >= 0.6 is 11.3 Å². The Morgan fingerprint density at radius 1 is 1.40 bits per heavy atom. The number of nitrogens with zero attached hydrogens (tertiary/aromatic N) is 1. The van der Waals surface area contributed by atoms with E-state index in [0.717, 1.165) is 6.42 Å². The molecule has 20 heavy (non-hydrogen) atoms. The minimum Gasteiger partial charge on any atom is -0.312 e. The second-order valence-electron chi connectivity index (χ2n) is 6.59. The first-order valence-corrected chi connectivity index (χ1v) is 7.70. The van der Waals surface area contributed by atoms with Crippen LogP contribution < -0.4 is 5.32 Å². The van der Waals surface area contributed by atoms with Crippen molar-refractivity contribution < 1.29 is 13.2 Å². The molecule has 0 amide bonds. The maximum absolute atomic E-state index is 13.0. The minimum atomic E-state index is -4.36. The standard InChI is InChI=1S/C14H21F3N2S/c1-8(2)6-18-7-10-11(14(15,16)17)19-12(20-10)9-5-13(9,3)4/h8-9,18H,5-7H2,1-4H3. The molecular weight excluding hydrogens is 285 g/mol. The number of rotatable bonds is 5. The summed E-state index contributed by atoms with van der Waals surface area (Å²) in [6, 6.07) is 0. The highest BCUT2D eigenvalue weighted by molar-refractivity contribution is 7.11. The highest BCUT2D eigenvalue weighted by Gasteiger charge is 2.50. The van der Waals surface area contributed by atoms with Gasteiger partial charge >= 0.3 is 6.18 Å². The van der Waals surface area contributed by atoms with E-state index in [1.807, 2.05) is 13.8 Å². The molecular formula is C14H21F3N2S.